The Hall–Kier alpha value is -2.13. The van der Waals surface area contributed by atoms with Crippen molar-refractivity contribution in [3.63, 3.8) is 0 Å². The Labute approximate surface area is 124 Å². The van der Waals surface area contributed by atoms with Crippen molar-refractivity contribution in [3.05, 3.63) is 71.5 Å². The molecule has 20 heavy (non-hydrogen) atoms. The molecule has 0 aliphatic rings. The van der Waals surface area contributed by atoms with Gasteiger partial charge in [0.25, 0.3) is 0 Å². The summed E-state index contributed by atoms with van der Waals surface area (Å²) in [5.74, 6) is 0. The summed E-state index contributed by atoms with van der Waals surface area (Å²) >= 11 is 3.68. The van der Waals surface area contributed by atoms with Gasteiger partial charge >= 0.3 is 0 Å². The van der Waals surface area contributed by atoms with Crippen LogP contribution in [-0.4, -0.2) is 9.55 Å². The van der Waals surface area contributed by atoms with Gasteiger partial charge in [-0.3, -0.25) is 4.98 Å². The average Bonchev–Trinajstić information content (AvgIpc) is 2.84. The molecule has 0 amide bonds. The highest BCUT2D eigenvalue weighted by atomic mass is 79.9. The summed E-state index contributed by atoms with van der Waals surface area (Å²) in [6, 6.07) is 18.8. The predicted octanol–water partition coefficient (Wildman–Crippen LogP) is 4.94. The molecule has 0 atom stereocenters. The van der Waals surface area contributed by atoms with E-state index in [4.69, 9.17) is 0 Å². The average molecular weight is 323 g/mol. The molecule has 0 unspecified atom stereocenters. The molecule has 2 heterocycles. The predicted molar refractivity (Wildman–Crippen MR) is 86.3 cm³/mol. The van der Waals surface area contributed by atoms with Crippen LogP contribution in [-0.2, 0) is 0 Å². The number of benzene rings is 2. The van der Waals surface area contributed by atoms with Crippen molar-refractivity contribution in [2.75, 3.05) is 0 Å². The molecule has 0 spiro atoms. The van der Waals surface area contributed by atoms with Crippen molar-refractivity contribution in [1.82, 2.24) is 9.55 Å². The van der Waals surface area contributed by atoms with Crippen LogP contribution in [0.4, 0.5) is 0 Å². The zero-order valence-corrected chi connectivity index (χ0v) is 12.2. The molecule has 0 radical (unpaired) electrons. The Morgan fingerprint density at radius 1 is 0.850 bits per heavy atom. The lowest BCUT2D eigenvalue weighted by Gasteiger charge is -2.08. The summed E-state index contributed by atoms with van der Waals surface area (Å²) in [4.78, 5) is 4.29. The van der Waals surface area contributed by atoms with Crippen molar-refractivity contribution in [2.45, 2.75) is 0 Å². The topological polar surface area (TPSA) is 17.8 Å². The second kappa shape index (κ2) is 4.46. The van der Waals surface area contributed by atoms with E-state index in [1.165, 1.54) is 16.3 Å². The Bertz CT molecular complexity index is 910. The van der Waals surface area contributed by atoms with E-state index >= 15 is 0 Å². The van der Waals surface area contributed by atoms with Gasteiger partial charge in [0, 0.05) is 27.1 Å². The molecular weight excluding hydrogens is 312 g/mol. The molecule has 0 saturated carbocycles. The third-order valence-corrected chi connectivity index (χ3v) is 4.20. The minimum Gasteiger partial charge on any atom is -0.307 e. The highest BCUT2D eigenvalue weighted by Crippen LogP contribution is 2.35. The monoisotopic (exact) mass is 322 g/mol. The molecule has 4 aromatic rings. The molecule has 0 aliphatic heterocycles. The number of halogens is 1. The third-order valence-electron chi connectivity index (χ3n) is 3.56. The first-order valence-electron chi connectivity index (χ1n) is 6.44. The van der Waals surface area contributed by atoms with E-state index in [-0.39, 0.29) is 0 Å². The van der Waals surface area contributed by atoms with Crippen LogP contribution in [0.25, 0.3) is 27.5 Å². The minimum atomic E-state index is 1.09. The van der Waals surface area contributed by atoms with Crippen LogP contribution in [0, 0.1) is 0 Å². The summed E-state index contributed by atoms with van der Waals surface area (Å²) in [6.45, 7) is 0. The highest BCUT2D eigenvalue weighted by molar-refractivity contribution is 9.10. The fraction of sp³-hybridized carbons (Fsp3) is 0. The van der Waals surface area contributed by atoms with Crippen LogP contribution in [0.2, 0.25) is 0 Å². The van der Waals surface area contributed by atoms with Crippen LogP contribution in [0.1, 0.15) is 0 Å². The van der Waals surface area contributed by atoms with Gasteiger partial charge in [-0.05, 0) is 40.2 Å². The molecule has 4 rings (SSSR count). The van der Waals surface area contributed by atoms with Crippen LogP contribution in [0.15, 0.2) is 71.5 Å². The van der Waals surface area contributed by atoms with Gasteiger partial charge in [0.2, 0.25) is 0 Å². The maximum absolute atomic E-state index is 4.29. The van der Waals surface area contributed by atoms with Gasteiger partial charge in [0.15, 0.2) is 0 Å². The lowest BCUT2D eigenvalue weighted by atomic mass is 10.2. The zero-order chi connectivity index (χ0) is 13.5. The van der Waals surface area contributed by atoms with E-state index in [0.29, 0.717) is 0 Å². The van der Waals surface area contributed by atoms with E-state index in [1.54, 1.807) is 0 Å². The lowest BCUT2D eigenvalue weighted by Crippen LogP contribution is -1.93. The van der Waals surface area contributed by atoms with Gasteiger partial charge in [-0.2, -0.15) is 0 Å². The normalized spacial score (nSPS) is 11.2. The van der Waals surface area contributed by atoms with Crippen molar-refractivity contribution >= 4 is 37.7 Å². The molecule has 2 nitrogen and oxygen atoms in total. The lowest BCUT2D eigenvalue weighted by molar-refractivity contribution is 1.16. The number of nitrogens with zero attached hydrogens (tertiary/aromatic N) is 2. The van der Waals surface area contributed by atoms with Gasteiger partial charge in [-0.15, -0.1) is 0 Å². The van der Waals surface area contributed by atoms with Crippen LogP contribution in [0.5, 0.6) is 0 Å². The quantitative estimate of drug-likeness (QED) is 0.485. The van der Waals surface area contributed by atoms with Crippen molar-refractivity contribution in [1.29, 1.82) is 0 Å². The summed E-state index contributed by atoms with van der Waals surface area (Å²) in [5.41, 5.74) is 3.45. The number of pyridine rings is 1. The maximum Gasteiger partial charge on any atom is 0.0724 e. The Balaban J connectivity index is 2.27. The van der Waals surface area contributed by atoms with Crippen LogP contribution >= 0.6 is 15.9 Å². The first kappa shape index (κ1) is 11.7. The molecule has 0 N–H and O–H groups in total. The van der Waals surface area contributed by atoms with Crippen molar-refractivity contribution in [2.24, 2.45) is 0 Å². The second-order valence-corrected chi connectivity index (χ2v) is 5.55. The fourth-order valence-electron chi connectivity index (χ4n) is 2.72. The van der Waals surface area contributed by atoms with Crippen molar-refractivity contribution < 1.29 is 0 Å². The van der Waals surface area contributed by atoms with E-state index < -0.39 is 0 Å². The molecule has 0 fully saturated rings. The van der Waals surface area contributed by atoms with Crippen LogP contribution in [0.3, 0.4) is 0 Å². The Morgan fingerprint density at radius 3 is 2.55 bits per heavy atom. The largest absolute Gasteiger partial charge is 0.307 e. The molecular formula is C17H11BrN2. The smallest absolute Gasteiger partial charge is 0.0724 e. The number of rotatable bonds is 1. The molecule has 96 valence electrons. The molecule has 0 saturated heterocycles. The zero-order valence-electron chi connectivity index (χ0n) is 10.6. The Kier molecular flexibility index (Phi) is 2.60. The first-order chi connectivity index (χ1) is 9.86. The molecule has 2 aromatic heterocycles. The second-order valence-electron chi connectivity index (χ2n) is 4.70. The number of fused-ring (bicyclic) bond motifs is 3. The van der Waals surface area contributed by atoms with Gasteiger partial charge in [-0.1, -0.05) is 30.3 Å². The standard InChI is InChI=1S/C17H11BrN2/c18-15-8-4-7-14-13-9-10-19-11-16(13)20(17(14)15)12-5-2-1-3-6-12/h1-11H. The minimum absolute atomic E-state index is 1.09. The van der Waals surface area contributed by atoms with Gasteiger partial charge < -0.3 is 4.57 Å². The summed E-state index contributed by atoms with van der Waals surface area (Å²) in [6.07, 6.45) is 3.77. The van der Waals surface area contributed by atoms with Crippen LogP contribution < -0.4 is 0 Å². The van der Waals surface area contributed by atoms with Gasteiger partial charge in [-0.25, -0.2) is 0 Å². The van der Waals surface area contributed by atoms with Gasteiger partial charge in [0.1, 0.15) is 0 Å². The van der Waals surface area contributed by atoms with Gasteiger partial charge in [0.05, 0.1) is 17.2 Å². The number of para-hydroxylation sites is 2. The molecule has 2 aromatic carbocycles. The molecule has 0 aliphatic carbocycles. The van der Waals surface area contributed by atoms with E-state index in [9.17, 15) is 0 Å². The van der Waals surface area contributed by atoms with E-state index in [1.807, 2.05) is 18.5 Å². The number of hydrogen-bond acceptors (Lipinski definition) is 1. The summed E-state index contributed by atoms with van der Waals surface area (Å²) < 4.78 is 3.34. The SMILES string of the molecule is Brc1cccc2c3ccncc3n(-c3ccccc3)c12. The summed E-state index contributed by atoms with van der Waals surface area (Å²) in [5, 5.41) is 2.46. The Morgan fingerprint density at radius 2 is 1.70 bits per heavy atom. The van der Waals surface area contributed by atoms with E-state index in [0.717, 1.165) is 15.7 Å². The molecule has 0 bridgehead atoms. The fourth-order valence-corrected chi connectivity index (χ4v) is 3.26. The van der Waals surface area contributed by atoms with E-state index in [2.05, 4.69) is 74.0 Å². The summed E-state index contributed by atoms with van der Waals surface area (Å²) in [7, 11) is 0. The highest BCUT2D eigenvalue weighted by Gasteiger charge is 2.13. The maximum atomic E-state index is 4.29. The number of hydrogen-bond donors (Lipinski definition) is 0. The first-order valence-corrected chi connectivity index (χ1v) is 7.23. The molecule has 3 heteroatoms. The van der Waals surface area contributed by atoms with Crippen molar-refractivity contribution in [3.8, 4) is 5.69 Å². The number of aromatic nitrogens is 2. The third kappa shape index (κ3) is 1.60.